The van der Waals surface area contributed by atoms with Gasteiger partial charge in [-0.05, 0) is 62.7 Å². The zero-order chi connectivity index (χ0) is 23.5. The molecule has 2 rings (SSSR count). The number of ether oxygens (including phenoxy) is 1. The average Bonchev–Trinajstić information content (AvgIpc) is 2.77. The van der Waals surface area contributed by atoms with Gasteiger partial charge in [-0.3, -0.25) is 14.4 Å². The summed E-state index contributed by atoms with van der Waals surface area (Å²) >= 11 is 12.0. The van der Waals surface area contributed by atoms with Gasteiger partial charge >= 0.3 is 0 Å². The predicted octanol–water partition coefficient (Wildman–Crippen LogP) is 4.39. The molecule has 0 saturated carbocycles. The first kappa shape index (κ1) is 25.5. The van der Waals surface area contributed by atoms with Crippen LogP contribution in [0.3, 0.4) is 0 Å². The van der Waals surface area contributed by atoms with E-state index in [-0.39, 0.29) is 30.7 Å². The van der Waals surface area contributed by atoms with Crippen molar-refractivity contribution in [3.8, 4) is 5.75 Å². The Morgan fingerprint density at radius 1 is 1.00 bits per heavy atom. The van der Waals surface area contributed by atoms with Gasteiger partial charge in [-0.25, -0.2) is 0 Å². The van der Waals surface area contributed by atoms with E-state index in [0.29, 0.717) is 53.1 Å². The van der Waals surface area contributed by atoms with Gasteiger partial charge in [0.2, 0.25) is 5.91 Å². The molecule has 0 spiro atoms. The number of nitrogens with zero attached hydrogens (tertiary/aromatic N) is 1. The third-order valence-corrected chi connectivity index (χ3v) is 5.20. The molecule has 9 heteroatoms. The molecule has 0 radical (unpaired) electrons. The number of hydrogen-bond donors (Lipinski definition) is 2. The van der Waals surface area contributed by atoms with E-state index in [1.54, 1.807) is 47.4 Å². The van der Waals surface area contributed by atoms with Crippen LogP contribution in [-0.4, -0.2) is 48.9 Å². The molecule has 2 aromatic rings. The Labute approximate surface area is 198 Å². The summed E-state index contributed by atoms with van der Waals surface area (Å²) in [5, 5.41) is 6.38. The maximum Gasteiger partial charge on any atom is 0.260 e. The fourth-order valence-electron chi connectivity index (χ4n) is 2.88. The van der Waals surface area contributed by atoms with E-state index in [2.05, 4.69) is 10.6 Å². The van der Waals surface area contributed by atoms with Gasteiger partial charge in [-0.15, -0.1) is 0 Å². The fraction of sp³-hybridized carbons (Fsp3) is 0.348. The lowest BCUT2D eigenvalue weighted by Gasteiger charge is -2.19. The molecule has 3 amide bonds. The van der Waals surface area contributed by atoms with Gasteiger partial charge in [0, 0.05) is 42.3 Å². The second-order valence-electron chi connectivity index (χ2n) is 6.91. The lowest BCUT2D eigenvalue weighted by atomic mass is 10.2. The topological polar surface area (TPSA) is 87.7 Å². The third kappa shape index (κ3) is 8.05. The van der Waals surface area contributed by atoms with Crippen molar-refractivity contribution in [2.75, 3.05) is 31.6 Å². The van der Waals surface area contributed by atoms with Gasteiger partial charge in [-0.1, -0.05) is 23.2 Å². The normalized spacial score (nSPS) is 10.4. The summed E-state index contributed by atoms with van der Waals surface area (Å²) in [7, 11) is 0. The first-order valence-electron chi connectivity index (χ1n) is 10.4. The number of halogens is 2. The third-order valence-electron chi connectivity index (χ3n) is 4.66. The Hall–Kier alpha value is -2.77. The van der Waals surface area contributed by atoms with E-state index in [0.717, 1.165) is 0 Å². The Bertz CT molecular complexity index is 931. The Morgan fingerprint density at radius 2 is 1.69 bits per heavy atom. The van der Waals surface area contributed by atoms with Crippen LogP contribution in [0, 0.1) is 0 Å². The smallest absolute Gasteiger partial charge is 0.260 e. The number of amides is 3. The number of carbonyl (C=O) groups excluding carboxylic acids is 3. The average molecular weight is 480 g/mol. The molecule has 32 heavy (non-hydrogen) atoms. The molecule has 2 N–H and O–H groups in total. The van der Waals surface area contributed by atoms with Crippen LogP contribution in [0.2, 0.25) is 10.0 Å². The predicted molar refractivity (Wildman–Crippen MR) is 127 cm³/mol. The molecule has 7 nitrogen and oxygen atoms in total. The molecule has 172 valence electrons. The zero-order valence-electron chi connectivity index (χ0n) is 18.1. The number of benzene rings is 2. The molecule has 0 unspecified atom stereocenters. The van der Waals surface area contributed by atoms with Gasteiger partial charge in [0.05, 0.1) is 5.02 Å². The summed E-state index contributed by atoms with van der Waals surface area (Å²) in [6.07, 6.45) is 0.711. The van der Waals surface area contributed by atoms with Crippen LogP contribution in [0.15, 0.2) is 42.5 Å². The van der Waals surface area contributed by atoms with E-state index < -0.39 is 0 Å². The lowest BCUT2D eigenvalue weighted by Crippen LogP contribution is -2.34. The lowest BCUT2D eigenvalue weighted by molar-refractivity contribution is -0.133. The molecule has 0 heterocycles. The molecule has 0 aliphatic rings. The molecule has 0 aromatic heterocycles. The van der Waals surface area contributed by atoms with Gasteiger partial charge in [0.1, 0.15) is 5.75 Å². The summed E-state index contributed by atoms with van der Waals surface area (Å²) in [6, 6.07) is 11.4. The van der Waals surface area contributed by atoms with Crippen molar-refractivity contribution in [2.45, 2.75) is 26.7 Å². The number of rotatable bonds is 11. The van der Waals surface area contributed by atoms with Crippen LogP contribution < -0.4 is 15.4 Å². The molecular weight excluding hydrogens is 453 g/mol. The maximum atomic E-state index is 12.2. The highest BCUT2D eigenvalue weighted by atomic mass is 35.5. The van der Waals surface area contributed by atoms with Gasteiger partial charge in [0.15, 0.2) is 6.61 Å². The van der Waals surface area contributed by atoms with Crippen molar-refractivity contribution in [1.82, 2.24) is 10.2 Å². The van der Waals surface area contributed by atoms with Crippen molar-refractivity contribution < 1.29 is 19.1 Å². The number of hydrogen-bond acceptors (Lipinski definition) is 4. The van der Waals surface area contributed by atoms with E-state index in [1.807, 2.05) is 13.8 Å². The highest BCUT2D eigenvalue weighted by Gasteiger charge is 2.12. The number of nitrogens with one attached hydrogen (secondary N) is 2. The van der Waals surface area contributed by atoms with Crippen molar-refractivity contribution >= 4 is 46.6 Å². The quantitative estimate of drug-likeness (QED) is 0.467. The van der Waals surface area contributed by atoms with Gasteiger partial charge in [0.25, 0.3) is 11.8 Å². The van der Waals surface area contributed by atoms with Crippen LogP contribution in [0.5, 0.6) is 5.75 Å². The van der Waals surface area contributed by atoms with E-state index >= 15 is 0 Å². The summed E-state index contributed by atoms with van der Waals surface area (Å²) < 4.78 is 5.50. The Balaban J connectivity index is 1.74. The zero-order valence-corrected chi connectivity index (χ0v) is 19.6. The number of likely N-dealkylation sites (N-methyl/N-ethyl adjacent to an activating group) is 1. The van der Waals surface area contributed by atoms with Crippen molar-refractivity contribution in [2.24, 2.45) is 0 Å². The first-order valence-corrected chi connectivity index (χ1v) is 11.1. The fourth-order valence-corrected chi connectivity index (χ4v) is 3.24. The van der Waals surface area contributed by atoms with Crippen LogP contribution in [-0.2, 0) is 9.59 Å². The highest BCUT2D eigenvalue weighted by Crippen LogP contribution is 2.27. The molecule has 2 aromatic carbocycles. The summed E-state index contributed by atoms with van der Waals surface area (Å²) in [4.78, 5) is 37.9. The van der Waals surface area contributed by atoms with Crippen molar-refractivity contribution in [3.05, 3.63) is 58.1 Å². The van der Waals surface area contributed by atoms with Crippen LogP contribution >= 0.6 is 23.2 Å². The summed E-state index contributed by atoms with van der Waals surface area (Å²) in [6.45, 7) is 5.29. The number of anilines is 1. The second-order valence-corrected chi connectivity index (χ2v) is 7.76. The minimum Gasteiger partial charge on any atom is -0.482 e. The second kappa shape index (κ2) is 12.9. The monoisotopic (exact) mass is 479 g/mol. The van der Waals surface area contributed by atoms with Crippen LogP contribution in [0.4, 0.5) is 5.69 Å². The first-order chi connectivity index (χ1) is 15.3. The largest absolute Gasteiger partial charge is 0.482 e. The van der Waals surface area contributed by atoms with Crippen molar-refractivity contribution in [1.29, 1.82) is 0 Å². The van der Waals surface area contributed by atoms with Crippen LogP contribution in [0.1, 0.15) is 37.0 Å². The summed E-state index contributed by atoms with van der Waals surface area (Å²) in [5.41, 5.74) is 1.03. The van der Waals surface area contributed by atoms with Crippen LogP contribution in [0.25, 0.3) is 0 Å². The standard InChI is InChI=1S/C23H27Cl2N3O4/c1-3-28(4-2)22(30)15-32-20-12-11-18(14-19(20)25)27-21(29)6-5-13-26-23(31)16-7-9-17(24)10-8-16/h7-12,14H,3-6,13,15H2,1-2H3,(H,26,31)(H,27,29). The Morgan fingerprint density at radius 3 is 2.31 bits per heavy atom. The van der Waals surface area contributed by atoms with E-state index in [4.69, 9.17) is 27.9 Å². The molecule has 0 saturated heterocycles. The Kier molecular flexibility index (Phi) is 10.3. The molecule has 0 aliphatic carbocycles. The maximum absolute atomic E-state index is 12.2. The van der Waals surface area contributed by atoms with Gasteiger partial charge in [-0.2, -0.15) is 0 Å². The minimum atomic E-state index is -0.219. The SMILES string of the molecule is CCN(CC)C(=O)COc1ccc(NC(=O)CCCNC(=O)c2ccc(Cl)cc2)cc1Cl. The number of carbonyl (C=O) groups is 3. The van der Waals surface area contributed by atoms with E-state index in [1.165, 1.54) is 0 Å². The minimum absolute atomic E-state index is 0.102. The van der Waals surface area contributed by atoms with Crippen molar-refractivity contribution in [3.63, 3.8) is 0 Å². The van der Waals surface area contributed by atoms with Gasteiger partial charge < -0.3 is 20.3 Å². The molecule has 0 fully saturated rings. The molecular formula is C23H27Cl2N3O4. The molecule has 0 aliphatic heterocycles. The molecule has 0 atom stereocenters. The molecule has 0 bridgehead atoms. The summed E-state index contributed by atoms with van der Waals surface area (Å²) in [5.74, 6) is -0.169. The van der Waals surface area contributed by atoms with E-state index in [9.17, 15) is 14.4 Å². The highest BCUT2D eigenvalue weighted by molar-refractivity contribution is 6.32.